The van der Waals surface area contributed by atoms with Crippen LogP contribution in [0.15, 0.2) is 78.9 Å². The molecule has 7 heteroatoms. The van der Waals surface area contributed by atoms with E-state index in [-0.39, 0.29) is 18.4 Å². The Morgan fingerprint density at radius 3 is 2.46 bits per heavy atom. The van der Waals surface area contributed by atoms with Gasteiger partial charge in [0.25, 0.3) is 5.91 Å². The molecule has 0 radical (unpaired) electrons. The van der Waals surface area contributed by atoms with E-state index in [9.17, 15) is 9.59 Å². The Hall–Kier alpha value is -4.39. The summed E-state index contributed by atoms with van der Waals surface area (Å²) in [5.41, 5.74) is 4.43. The quantitative estimate of drug-likeness (QED) is 0.413. The fourth-order valence-electron chi connectivity index (χ4n) is 4.79. The van der Waals surface area contributed by atoms with Crippen LogP contribution in [0.4, 0.5) is 5.69 Å². The van der Waals surface area contributed by atoms with Crippen LogP contribution in [0.3, 0.4) is 0 Å². The lowest BCUT2D eigenvalue weighted by molar-refractivity contribution is -0.126. The number of aryl methyl sites for hydroxylation is 2. The molecule has 2 heterocycles. The summed E-state index contributed by atoms with van der Waals surface area (Å²) in [6, 6.07) is 25.0. The summed E-state index contributed by atoms with van der Waals surface area (Å²) in [4.78, 5) is 29.5. The highest BCUT2D eigenvalue weighted by molar-refractivity contribution is 6.12. The SMILES string of the molecule is COc1ccc(-c2cc3n(n2)C[C@@](C)(C(=O)NCc2ccccc2)N(c2cc(C)ccc2C)C3=O)cc1. The minimum atomic E-state index is -1.19. The molecule has 7 nitrogen and oxygen atoms in total. The van der Waals surface area contributed by atoms with Gasteiger partial charge in [0.2, 0.25) is 5.91 Å². The molecule has 1 aliphatic heterocycles. The van der Waals surface area contributed by atoms with Crippen LogP contribution in [-0.2, 0) is 17.9 Å². The fourth-order valence-corrected chi connectivity index (χ4v) is 4.79. The topological polar surface area (TPSA) is 76.5 Å². The largest absolute Gasteiger partial charge is 0.497 e. The maximum atomic E-state index is 14.1. The fraction of sp³-hybridized carbons (Fsp3) is 0.233. The average Bonchev–Trinajstić information content (AvgIpc) is 3.34. The highest BCUT2D eigenvalue weighted by Crippen LogP contribution is 2.36. The van der Waals surface area contributed by atoms with Gasteiger partial charge in [-0.05, 0) is 73.9 Å². The molecular weight excluding hydrogens is 464 g/mol. The number of fused-ring (bicyclic) bond motifs is 1. The summed E-state index contributed by atoms with van der Waals surface area (Å²) in [6.45, 7) is 6.34. The van der Waals surface area contributed by atoms with Crippen LogP contribution in [0.2, 0.25) is 0 Å². The number of hydrogen-bond donors (Lipinski definition) is 1. The number of nitrogens with one attached hydrogen (secondary N) is 1. The van der Waals surface area contributed by atoms with E-state index in [1.165, 1.54) is 0 Å². The summed E-state index contributed by atoms with van der Waals surface area (Å²) in [7, 11) is 1.62. The van der Waals surface area contributed by atoms with Crippen molar-refractivity contribution in [2.24, 2.45) is 0 Å². The zero-order chi connectivity index (χ0) is 26.2. The molecule has 0 unspecified atom stereocenters. The van der Waals surface area contributed by atoms with Crippen molar-refractivity contribution in [2.75, 3.05) is 12.0 Å². The van der Waals surface area contributed by atoms with Gasteiger partial charge in [-0.1, -0.05) is 42.5 Å². The van der Waals surface area contributed by atoms with Gasteiger partial charge in [0, 0.05) is 17.8 Å². The van der Waals surface area contributed by atoms with E-state index in [1.807, 2.05) is 93.6 Å². The van der Waals surface area contributed by atoms with Crippen molar-refractivity contribution in [1.29, 1.82) is 0 Å². The number of aromatic nitrogens is 2. The molecule has 4 aromatic rings. The number of nitrogens with zero attached hydrogens (tertiary/aromatic N) is 3. The number of hydrogen-bond acceptors (Lipinski definition) is 4. The lowest BCUT2D eigenvalue weighted by atomic mass is 9.92. The van der Waals surface area contributed by atoms with Crippen LogP contribution in [-0.4, -0.2) is 34.2 Å². The standard InChI is InChI=1S/C30H30N4O3/c1-20-10-11-21(2)26(16-20)34-28(35)27-17-25(23-12-14-24(37-4)15-13-23)32-33(27)19-30(34,3)29(36)31-18-22-8-6-5-7-9-22/h5-17H,18-19H2,1-4H3,(H,31,36)/t30-/m0/s1. The number of carbonyl (C=O) groups is 2. The van der Waals surface area contributed by atoms with E-state index in [0.717, 1.165) is 33.7 Å². The lowest BCUT2D eigenvalue weighted by Gasteiger charge is -2.43. The first-order chi connectivity index (χ1) is 17.8. The smallest absolute Gasteiger partial charge is 0.277 e. The minimum absolute atomic E-state index is 0.220. The molecule has 188 valence electrons. The second kappa shape index (κ2) is 9.58. The van der Waals surface area contributed by atoms with E-state index in [0.29, 0.717) is 17.9 Å². The van der Waals surface area contributed by atoms with E-state index in [1.54, 1.807) is 22.8 Å². The number of anilines is 1. The van der Waals surface area contributed by atoms with E-state index >= 15 is 0 Å². The van der Waals surface area contributed by atoms with Crippen molar-refractivity contribution in [3.63, 3.8) is 0 Å². The summed E-state index contributed by atoms with van der Waals surface area (Å²) < 4.78 is 6.92. The first-order valence-electron chi connectivity index (χ1n) is 12.3. The van der Waals surface area contributed by atoms with Gasteiger partial charge in [0.15, 0.2) is 0 Å². The first kappa shape index (κ1) is 24.3. The van der Waals surface area contributed by atoms with Crippen LogP contribution in [0, 0.1) is 13.8 Å². The Morgan fingerprint density at radius 1 is 1.03 bits per heavy atom. The third-order valence-electron chi connectivity index (χ3n) is 6.93. The Balaban J connectivity index is 1.56. The van der Waals surface area contributed by atoms with Gasteiger partial charge in [0.05, 0.1) is 19.3 Å². The van der Waals surface area contributed by atoms with E-state index in [4.69, 9.17) is 9.84 Å². The van der Waals surface area contributed by atoms with Crippen molar-refractivity contribution in [3.8, 4) is 17.0 Å². The highest BCUT2D eigenvalue weighted by atomic mass is 16.5. The third-order valence-corrected chi connectivity index (χ3v) is 6.93. The molecule has 37 heavy (non-hydrogen) atoms. The molecule has 0 fully saturated rings. The van der Waals surface area contributed by atoms with Crippen LogP contribution >= 0.6 is 0 Å². The second-order valence-corrected chi connectivity index (χ2v) is 9.67. The van der Waals surface area contributed by atoms with E-state index < -0.39 is 5.54 Å². The molecule has 1 N–H and O–H groups in total. The first-order valence-corrected chi connectivity index (χ1v) is 12.3. The Morgan fingerprint density at radius 2 is 1.76 bits per heavy atom. The summed E-state index contributed by atoms with van der Waals surface area (Å²) >= 11 is 0. The molecule has 0 spiro atoms. The Bertz CT molecular complexity index is 1460. The Kier molecular flexibility index (Phi) is 6.29. The number of rotatable bonds is 6. The lowest BCUT2D eigenvalue weighted by Crippen LogP contribution is -2.64. The molecule has 0 aliphatic carbocycles. The van der Waals surface area contributed by atoms with Crippen LogP contribution in [0.1, 0.15) is 34.1 Å². The molecule has 5 rings (SSSR count). The monoisotopic (exact) mass is 494 g/mol. The molecule has 0 saturated heterocycles. The number of carbonyl (C=O) groups excluding carboxylic acids is 2. The molecule has 3 aromatic carbocycles. The van der Waals surface area contributed by atoms with Gasteiger partial charge >= 0.3 is 0 Å². The number of ether oxygens (including phenoxy) is 1. The number of methoxy groups -OCH3 is 1. The van der Waals surface area contributed by atoms with Crippen molar-refractivity contribution >= 4 is 17.5 Å². The van der Waals surface area contributed by atoms with Crippen LogP contribution in [0.5, 0.6) is 5.75 Å². The second-order valence-electron chi connectivity index (χ2n) is 9.67. The van der Waals surface area contributed by atoms with Gasteiger partial charge in [0.1, 0.15) is 17.0 Å². The normalized spacial score (nSPS) is 16.9. The molecule has 1 aromatic heterocycles. The molecule has 2 amide bonds. The zero-order valence-corrected chi connectivity index (χ0v) is 21.5. The van der Waals surface area contributed by atoms with Crippen molar-refractivity contribution in [3.05, 3.63) is 101 Å². The van der Waals surface area contributed by atoms with Crippen molar-refractivity contribution in [1.82, 2.24) is 15.1 Å². The molecular formula is C30H30N4O3. The number of benzene rings is 3. The van der Waals surface area contributed by atoms with Crippen LogP contribution in [0.25, 0.3) is 11.3 Å². The van der Waals surface area contributed by atoms with Gasteiger partial charge in [-0.3, -0.25) is 19.2 Å². The number of amides is 2. The van der Waals surface area contributed by atoms with Gasteiger partial charge < -0.3 is 10.1 Å². The maximum absolute atomic E-state index is 14.1. The zero-order valence-electron chi connectivity index (χ0n) is 21.5. The van der Waals surface area contributed by atoms with Gasteiger partial charge in [-0.25, -0.2) is 0 Å². The molecule has 1 aliphatic rings. The predicted molar refractivity (Wildman–Crippen MR) is 144 cm³/mol. The average molecular weight is 495 g/mol. The highest BCUT2D eigenvalue weighted by Gasteiger charge is 2.49. The van der Waals surface area contributed by atoms with Crippen LogP contribution < -0.4 is 15.0 Å². The van der Waals surface area contributed by atoms with Gasteiger partial charge in [-0.2, -0.15) is 5.10 Å². The predicted octanol–water partition coefficient (Wildman–Crippen LogP) is 4.91. The molecule has 0 saturated carbocycles. The summed E-state index contributed by atoms with van der Waals surface area (Å²) in [5, 5.41) is 7.80. The van der Waals surface area contributed by atoms with Crippen molar-refractivity contribution < 1.29 is 14.3 Å². The molecule has 0 bridgehead atoms. The van der Waals surface area contributed by atoms with Crippen molar-refractivity contribution in [2.45, 2.75) is 39.4 Å². The third kappa shape index (κ3) is 4.48. The van der Waals surface area contributed by atoms with E-state index in [2.05, 4.69) is 5.32 Å². The van der Waals surface area contributed by atoms with Gasteiger partial charge in [-0.15, -0.1) is 0 Å². The summed E-state index contributed by atoms with van der Waals surface area (Å²) in [5.74, 6) is 0.245. The minimum Gasteiger partial charge on any atom is -0.497 e. The Labute approximate surface area is 216 Å². The molecule has 1 atom stereocenters. The maximum Gasteiger partial charge on any atom is 0.277 e. The summed E-state index contributed by atoms with van der Waals surface area (Å²) in [6.07, 6.45) is 0.